The molecule has 0 radical (unpaired) electrons. The maximum Gasteiger partial charge on any atom is 0.0217 e. The van der Waals surface area contributed by atoms with Gasteiger partial charge >= 0.3 is 0 Å². The average Bonchev–Trinajstić information content (AvgIpc) is 2.65. The first-order valence-electron chi connectivity index (χ1n) is 4.20. The van der Waals surface area contributed by atoms with Crippen molar-refractivity contribution in [3.05, 3.63) is 44.6 Å². The summed E-state index contributed by atoms with van der Waals surface area (Å²) in [6.45, 7) is 0. The molecule has 2 heteroatoms. The van der Waals surface area contributed by atoms with Crippen molar-refractivity contribution < 1.29 is 0 Å². The first kappa shape index (κ1) is 7.77. The Morgan fingerprint density at radius 3 is 3.00 bits per heavy atom. The Morgan fingerprint density at radius 2 is 2.08 bits per heavy atom. The molecular weight excluding hydrogens is 244 g/mol. The van der Waals surface area contributed by atoms with Crippen molar-refractivity contribution in [1.82, 2.24) is 0 Å². The Kier molecular flexibility index (Phi) is 1.61. The molecule has 2 aromatic rings. The highest BCUT2D eigenvalue weighted by Gasteiger charge is 2.20. The summed E-state index contributed by atoms with van der Waals surface area (Å²) in [6, 6.07) is 8.65. The van der Waals surface area contributed by atoms with Crippen LogP contribution in [0.25, 0.3) is 11.1 Å². The van der Waals surface area contributed by atoms with E-state index < -0.39 is 0 Å². The van der Waals surface area contributed by atoms with Gasteiger partial charge in [0.2, 0.25) is 0 Å². The first-order valence-corrected chi connectivity index (χ1v) is 5.87. The predicted octanol–water partition coefficient (Wildman–Crippen LogP) is 4.08. The first-order chi connectivity index (χ1) is 6.36. The zero-order valence-corrected chi connectivity index (χ0v) is 9.28. The molecule has 0 saturated carbocycles. The Bertz CT molecular complexity index is 471. The van der Waals surface area contributed by atoms with Gasteiger partial charge < -0.3 is 0 Å². The molecule has 0 unspecified atom stereocenters. The number of halogens is 1. The van der Waals surface area contributed by atoms with Crippen LogP contribution in [0.5, 0.6) is 0 Å². The third kappa shape index (κ3) is 1.02. The van der Waals surface area contributed by atoms with E-state index in [0.717, 1.165) is 6.42 Å². The molecule has 0 aliphatic heterocycles. The lowest BCUT2D eigenvalue weighted by atomic mass is 10.1. The molecule has 0 N–H and O–H groups in total. The van der Waals surface area contributed by atoms with Gasteiger partial charge in [-0.3, -0.25) is 0 Å². The Labute approximate surface area is 89.4 Å². The second kappa shape index (κ2) is 2.69. The summed E-state index contributed by atoms with van der Waals surface area (Å²) in [5.41, 5.74) is 4.29. The van der Waals surface area contributed by atoms with Gasteiger partial charge in [-0.2, -0.15) is 0 Å². The maximum atomic E-state index is 3.60. The van der Waals surface area contributed by atoms with Crippen LogP contribution >= 0.6 is 27.3 Å². The lowest BCUT2D eigenvalue weighted by Crippen LogP contribution is -1.80. The third-order valence-corrected chi connectivity index (χ3v) is 4.16. The second-order valence-corrected chi connectivity index (χ2v) is 5.06. The predicted molar refractivity (Wildman–Crippen MR) is 60.3 cm³/mol. The van der Waals surface area contributed by atoms with Gasteiger partial charge in [-0.05, 0) is 34.2 Å². The van der Waals surface area contributed by atoms with Crippen LogP contribution in [0.2, 0.25) is 0 Å². The van der Waals surface area contributed by atoms with Crippen molar-refractivity contribution in [3.63, 3.8) is 0 Å². The molecule has 0 spiro atoms. The Balaban J connectivity index is 2.34. The van der Waals surface area contributed by atoms with Crippen molar-refractivity contribution >= 4 is 27.3 Å². The third-order valence-electron chi connectivity index (χ3n) is 2.49. The summed E-state index contributed by atoms with van der Waals surface area (Å²) in [6.07, 6.45) is 1.10. The van der Waals surface area contributed by atoms with Crippen LogP contribution in [0.3, 0.4) is 0 Å². The van der Waals surface area contributed by atoms with Crippen molar-refractivity contribution in [1.29, 1.82) is 0 Å². The maximum absolute atomic E-state index is 3.60. The topological polar surface area (TPSA) is 0 Å². The molecule has 0 nitrogen and oxygen atoms in total. The average molecular weight is 251 g/mol. The van der Waals surface area contributed by atoms with Gasteiger partial charge in [-0.1, -0.05) is 28.1 Å². The smallest absolute Gasteiger partial charge is 0.0217 e. The molecule has 1 aromatic carbocycles. The van der Waals surface area contributed by atoms with E-state index in [1.54, 1.807) is 0 Å². The summed E-state index contributed by atoms with van der Waals surface area (Å²) < 4.78 is 1.24. The molecule has 64 valence electrons. The summed E-state index contributed by atoms with van der Waals surface area (Å²) in [4.78, 5) is 1.50. The van der Waals surface area contributed by atoms with Crippen LogP contribution in [0.15, 0.2) is 34.1 Å². The number of hydrogen-bond acceptors (Lipinski definition) is 1. The van der Waals surface area contributed by atoms with Gasteiger partial charge in [-0.15, -0.1) is 11.3 Å². The highest BCUT2D eigenvalue weighted by molar-refractivity contribution is 9.10. The molecule has 0 saturated heterocycles. The largest absolute Gasteiger partial charge is 0.148 e. The highest BCUT2D eigenvalue weighted by Crippen LogP contribution is 2.42. The van der Waals surface area contributed by atoms with Crippen molar-refractivity contribution in [3.8, 4) is 11.1 Å². The molecule has 13 heavy (non-hydrogen) atoms. The van der Waals surface area contributed by atoms with Gasteiger partial charge in [-0.25, -0.2) is 0 Å². The molecule has 1 aliphatic carbocycles. The molecule has 0 bridgehead atoms. The summed E-state index contributed by atoms with van der Waals surface area (Å²) in [7, 11) is 0. The summed E-state index contributed by atoms with van der Waals surface area (Å²) >= 11 is 5.45. The Morgan fingerprint density at radius 1 is 1.15 bits per heavy atom. The van der Waals surface area contributed by atoms with Crippen molar-refractivity contribution in [2.24, 2.45) is 0 Å². The molecule has 0 amide bonds. The fourth-order valence-corrected chi connectivity index (χ4v) is 3.28. The normalized spacial score (nSPS) is 12.7. The molecular formula is C11H7BrS. The van der Waals surface area contributed by atoms with E-state index in [9.17, 15) is 0 Å². The number of hydrogen-bond donors (Lipinski definition) is 0. The SMILES string of the molecule is Brc1cccc2c1Cc1sccc1-2. The minimum Gasteiger partial charge on any atom is -0.148 e. The van der Waals surface area contributed by atoms with E-state index in [0.29, 0.717) is 0 Å². The van der Waals surface area contributed by atoms with Gasteiger partial charge in [0.1, 0.15) is 0 Å². The standard InChI is InChI=1S/C11H7BrS/c12-10-3-1-2-7-8-4-5-13-11(8)6-9(7)10/h1-5H,6H2. The van der Waals surface area contributed by atoms with Crippen molar-refractivity contribution in [2.45, 2.75) is 6.42 Å². The van der Waals surface area contributed by atoms with E-state index >= 15 is 0 Å². The van der Waals surface area contributed by atoms with Crippen molar-refractivity contribution in [2.75, 3.05) is 0 Å². The van der Waals surface area contributed by atoms with Crippen LogP contribution < -0.4 is 0 Å². The molecule has 1 aliphatic rings. The van der Waals surface area contributed by atoms with E-state index in [2.05, 4.69) is 45.6 Å². The van der Waals surface area contributed by atoms with E-state index in [1.165, 1.54) is 26.0 Å². The number of benzene rings is 1. The fraction of sp³-hybridized carbons (Fsp3) is 0.0909. The summed E-state index contributed by atoms with van der Waals surface area (Å²) in [5, 5.41) is 2.18. The van der Waals surface area contributed by atoms with E-state index in [-0.39, 0.29) is 0 Å². The molecule has 1 heterocycles. The van der Waals surface area contributed by atoms with Crippen LogP contribution in [-0.2, 0) is 6.42 Å². The van der Waals surface area contributed by atoms with Crippen LogP contribution in [0.4, 0.5) is 0 Å². The lowest BCUT2D eigenvalue weighted by molar-refractivity contribution is 1.29. The van der Waals surface area contributed by atoms with Gasteiger partial charge in [0, 0.05) is 15.8 Å². The van der Waals surface area contributed by atoms with Gasteiger partial charge in [0.25, 0.3) is 0 Å². The summed E-state index contributed by atoms with van der Waals surface area (Å²) in [5.74, 6) is 0. The molecule has 1 aromatic heterocycles. The van der Waals surface area contributed by atoms with Crippen LogP contribution in [-0.4, -0.2) is 0 Å². The minimum absolute atomic E-state index is 1.10. The number of thiophene rings is 1. The van der Waals surface area contributed by atoms with Gasteiger partial charge in [0.05, 0.1) is 0 Å². The molecule has 3 rings (SSSR count). The van der Waals surface area contributed by atoms with Crippen LogP contribution in [0, 0.1) is 0 Å². The lowest BCUT2D eigenvalue weighted by Gasteiger charge is -2.00. The second-order valence-electron chi connectivity index (χ2n) is 3.20. The monoisotopic (exact) mass is 250 g/mol. The highest BCUT2D eigenvalue weighted by atomic mass is 79.9. The zero-order chi connectivity index (χ0) is 8.84. The number of fused-ring (bicyclic) bond motifs is 3. The Hall–Kier alpha value is -0.600. The fourth-order valence-electron chi connectivity index (χ4n) is 1.87. The van der Waals surface area contributed by atoms with Gasteiger partial charge in [0.15, 0.2) is 0 Å². The van der Waals surface area contributed by atoms with E-state index in [4.69, 9.17) is 0 Å². The zero-order valence-electron chi connectivity index (χ0n) is 6.88. The molecule has 0 atom stereocenters. The quantitative estimate of drug-likeness (QED) is 0.564. The molecule has 0 fully saturated rings. The minimum atomic E-state index is 1.10. The van der Waals surface area contributed by atoms with E-state index in [1.807, 2.05) is 11.3 Å². The van der Waals surface area contributed by atoms with Crippen LogP contribution in [0.1, 0.15) is 10.4 Å². The number of rotatable bonds is 0.